The number of aliphatic hydroxyl groups excluding tert-OH is 3. The molecule has 2 aromatic rings. The van der Waals surface area contributed by atoms with Crippen molar-refractivity contribution >= 4 is 38.6 Å². The van der Waals surface area contributed by atoms with Crippen molar-refractivity contribution in [2.75, 3.05) is 5.73 Å². The molecule has 0 spiro atoms. The highest BCUT2D eigenvalue weighted by molar-refractivity contribution is 7.89. The maximum Gasteiger partial charge on any atom is 0.238 e. The SMILES string of the molecule is Nc1nc(Cl)nc2c1ncn2[C@@H]1O[C@H]([C@H](O)S(N)(=O)=O)[C@@H](O)[C@H]1O. The fourth-order valence-electron chi connectivity index (χ4n) is 2.43. The lowest BCUT2D eigenvalue weighted by Crippen LogP contribution is -2.45. The Morgan fingerprint density at radius 1 is 1.33 bits per heavy atom. The van der Waals surface area contributed by atoms with Gasteiger partial charge in [-0.1, -0.05) is 0 Å². The van der Waals surface area contributed by atoms with Crippen LogP contribution >= 0.6 is 11.6 Å². The summed E-state index contributed by atoms with van der Waals surface area (Å²) in [7, 11) is -4.42. The standard InChI is InChI=1S/C10H13ClN6O6S/c11-10-15-6(12)2-7(16-10)17(1-14-2)8-4(19)3(18)5(23-8)9(20)24(13,21)22/h1,3-5,8-9,18-20H,(H2,12,15,16)(H2,13,21,22)/t3-,4+,5-,8+,9+/m0/s1. The van der Waals surface area contributed by atoms with E-state index in [9.17, 15) is 23.7 Å². The highest BCUT2D eigenvalue weighted by Crippen LogP contribution is 2.34. The Hall–Kier alpha value is -1.61. The Morgan fingerprint density at radius 2 is 2.00 bits per heavy atom. The average Bonchev–Trinajstić information content (AvgIpc) is 3.00. The van der Waals surface area contributed by atoms with Crippen LogP contribution in [0.25, 0.3) is 11.2 Å². The van der Waals surface area contributed by atoms with E-state index in [1.807, 2.05) is 0 Å². The zero-order chi connectivity index (χ0) is 17.8. The van der Waals surface area contributed by atoms with E-state index in [2.05, 4.69) is 15.0 Å². The number of ether oxygens (including phenoxy) is 1. The molecule has 1 aliphatic heterocycles. The summed E-state index contributed by atoms with van der Waals surface area (Å²) >= 11 is 5.73. The number of halogens is 1. The summed E-state index contributed by atoms with van der Waals surface area (Å²) < 4.78 is 29.0. The van der Waals surface area contributed by atoms with Gasteiger partial charge in [-0.25, -0.2) is 18.5 Å². The number of nitrogens with two attached hydrogens (primary N) is 2. The van der Waals surface area contributed by atoms with Crippen molar-refractivity contribution in [3.63, 3.8) is 0 Å². The fourth-order valence-corrected chi connectivity index (χ4v) is 3.21. The number of hydrogen-bond donors (Lipinski definition) is 5. The highest BCUT2D eigenvalue weighted by atomic mass is 35.5. The molecule has 24 heavy (non-hydrogen) atoms. The minimum atomic E-state index is -4.42. The van der Waals surface area contributed by atoms with E-state index >= 15 is 0 Å². The highest BCUT2D eigenvalue weighted by Gasteiger charge is 2.50. The number of sulfonamides is 1. The number of aliphatic hydroxyl groups is 3. The largest absolute Gasteiger partial charge is 0.387 e. The molecular formula is C10H13ClN6O6S. The molecule has 2 aromatic heterocycles. The van der Waals surface area contributed by atoms with Gasteiger partial charge in [-0.15, -0.1) is 0 Å². The quantitative estimate of drug-likeness (QED) is 0.348. The van der Waals surface area contributed by atoms with Crippen LogP contribution in [0.15, 0.2) is 6.33 Å². The number of imidazole rings is 1. The van der Waals surface area contributed by atoms with Gasteiger partial charge in [-0.2, -0.15) is 9.97 Å². The Kier molecular flexibility index (Phi) is 4.11. The second-order valence-corrected chi connectivity index (χ2v) is 7.15. The van der Waals surface area contributed by atoms with E-state index in [-0.39, 0.29) is 22.3 Å². The third kappa shape index (κ3) is 2.69. The normalized spacial score (nSPS) is 29.2. The molecular weight excluding hydrogens is 368 g/mol. The van der Waals surface area contributed by atoms with Crippen molar-refractivity contribution in [3.05, 3.63) is 11.6 Å². The number of rotatable bonds is 3. The van der Waals surface area contributed by atoms with Gasteiger partial charge in [0, 0.05) is 0 Å². The first-order chi connectivity index (χ1) is 11.1. The Morgan fingerprint density at radius 3 is 2.62 bits per heavy atom. The Balaban J connectivity index is 2.02. The summed E-state index contributed by atoms with van der Waals surface area (Å²) in [6, 6.07) is 0. The van der Waals surface area contributed by atoms with Crippen LogP contribution in [-0.4, -0.2) is 67.0 Å². The first-order valence-corrected chi connectivity index (χ1v) is 8.47. The van der Waals surface area contributed by atoms with Crippen molar-refractivity contribution in [2.24, 2.45) is 5.14 Å². The van der Waals surface area contributed by atoms with Crippen molar-refractivity contribution in [1.82, 2.24) is 19.5 Å². The summed E-state index contributed by atoms with van der Waals surface area (Å²) in [5.74, 6) is -0.0158. The van der Waals surface area contributed by atoms with E-state index in [1.54, 1.807) is 0 Å². The van der Waals surface area contributed by atoms with Crippen molar-refractivity contribution < 1.29 is 28.5 Å². The third-order valence-corrected chi connectivity index (χ3v) is 4.70. The zero-order valence-corrected chi connectivity index (χ0v) is 13.3. The molecule has 0 bridgehead atoms. The lowest BCUT2D eigenvalue weighted by molar-refractivity contribution is -0.0615. The maximum atomic E-state index is 11.2. The van der Waals surface area contributed by atoms with Crippen LogP contribution in [-0.2, 0) is 14.8 Å². The van der Waals surface area contributed by atoms with Crippen LogP contribution in [0, 0.1) is 0 Å². The van der Waals surface area contributed by atoms with Gasteiger partial charge in [-0.05, 0) is 11.6 Å². The molecule has 7 N–H and O–H groups in total. The molecule has 1 fully saturated rings. The molecule has 5 atom stereocenters. The molecule has 0 amide bonds. The molecule has 3 rings (SSSR count). The van der Waals surface area contributed by atoms with Crippen LogP contribution in [0.4, 0.5) is 5.82 Å². The molecule has 0 aromatic carbocycles. The van der Waals surface area contributed by atoms with Gasteiger partial charge in [0.05, 0.1) is 6.33 Å². The molecule has 1 aliphatic rings. The Labute approximate surface area is 139 Å². The van der Waals surface area contributed by atoms with E-state index in [0.717, 1.165) is 0 Å². The Bertz CT molecular complexity index is 889. The summed E-state index contributed by atoms with van der Waals surface area (Å²) in [6.07, 6.45) is -5.11. The summed E-state index contributed by atoms with van der Waals surface area (Å²) in [6.45, 7) is 0. The smallest absolute Gasteiger partial charge is 0.238 e. The second kappa shape index (κ2) is 5.73. The minimum absolute atomic E-state index is 0.0158. The number of anilines is 1. The molecule has 3 heterocycles. The molecule has 14 heteroatoms. The van der Waals surface area contributed by atoms with Gasteiger partial charge < -0.3 is 25.8 Å². The first-order valence-electron chi connectivity index (χ1n) is 6.48. The molecule has 1 saturated heterocycles. The lowest BCUT2D eigenvalue weighted by Gasteiger charge is -2.19. The van der Waals surface area contributed by atoms with Gasteiger partial charge in [-0.3, -0.25) is 4.57 Å². The van der Waals surface area contributed by atoms with E-state index in [4.69, 9.17) is 27.2 Å². The minimum Gasteiger partial charge on any atom is -0.387 e. The van der Waals surface area contributed by atoms with E-state index < -0.39 is 40.0 Å². The molecule has 0 saturated carbocycles. The van der Waals surface area contributed by atoms with Gasteiger partial charge >= 0.3 is 0 Å². The summed E-state index contributed by atoms with van der Waals surface area (Å²) in [5.41, 5.74) is 3.69. The number of hydrogen-bond acceptors (Lipinski definition) is 10. The third-order valence-electron chi connectivity index (χ3n) is 3.59. The number of aromatic nitrogens is 4. The fraction of sp³-hybridized carbons (Fsp3) is 0.500. The van der Waals surface area contributed by atoms with Crippen LogP contribution in [0.5, 0.6) is 0 Å². The number of primary sulfonamides is 1. The zero-order valence-electron chi connectivity index (χ0n) is 11.8. The lowest BCUT2D eigenvalue weighted by atomic mass is 10.1. The first kappa shape index (κ1) is 17.2. The van der Waals surface area contributed by atoms with Crippen LogP contribution in [0.3, 0.4) is 0 Å². The van der Waals surface area contributed by atoms with Gasteiger partial charge in [0.25, 0.3) is 0 Å². The average molecular weight is 381 g/mol. The van der Waals surface area contributed by atoms with E-state index in [0.29, 0.717) is 0 Å². The molecule has 12 nitrogen and oxygen atoms in total. The van der Waals surface area contributed by atoms with E-state index in [1.165, 1.54) is 10.9 Å². The summed E-state index contributed by atoms with van der Waals surface area (Å²) in [5, 5.41) is 34.4. The van der Waals surface area contributed by atoms with Crippen molar-refractivity contribution in [1.29, 1.82) is 0 Å². The molecule has 0 unspecified atom stereocenters. The van der Waals surface area contributed by atoms with Crippen molar-refractivity contribution in [3.8, 4) is 0 Å². The monoisotopic (exact) mass is 380 g/mol. The predicted octanol–water partition coefficient (Wildman–Crippen LogP) is -2.71. The predicted molar refractivity (Wildman–Crippen MR) is 79.8 cm³/mol. The topological polar surface area (TPSA) is 200 Å². The van der Waals surface area contributed by atoms with Crippen LogP contribution < -0.4 is 10.9 Å². The van der Waals surface area contributed by atoms with Gasteiger partial charge in [0.1, 0.15) is 23.8 Å². The second-order valence-electron chi connectivity index (χ2n) is 5.15. The van der Waals surface area contributed by atoms with Crippen molar-refractivity contribution in [2.45, 2.75) is 30.0 Å². The van der Waals surface area contributed by atoms with Crippen LogP contribution in [0.1, 0.15) is 6.23 Å². The molecule has 0 radical (unpaired) electrons. The molecule has 132 valence electrons. The van der Waals surface area contributed by atoms with Gasteiger partial charge in [0.15, 0.2) is 23.1 Å². The number of nitrogen functional groups attached to an aromatic ring is 1. The summed E-state index contributed by atoms with van der Waals surface area (Å²) in [4.78, 5) is 11.6. The maximum absolute atomic E-state index is 11.2. The number of fused-ring (bicyclic) bond motifs is 1. The molecule has 0 aliphatic carbocycles. The number of nitrogens with zero attached hydrogens (tertiary/aromatic N) is 4. The van der Waals surface area contributed by atoms with Crippen LogP contribution in [0.2, 0.25) is 5.28 Å². The van der Waals surface area contributed by atoms with Gasteiger partial charge in [0.2, 0.25) is 15.3 Å².